The minimum atomic E-state index is -0.497. The molecule has 0 aromatic heterocycles. The quantitative estimate of drug-likeness (QED) is 0.399. The molecular weight excluding hydrogens is 320 g/mol. The minimum Gasteiger partial charge on any atom is -0.496 e. The number of nitrogens with one attached hydrogen (secondary N) is 3. The van der Waals surface area contributed by atoms with Gasteiger partial charge in [0, 0.05) is 25.2 Å². The van der Waals surface area contributed by atoms with Gasteiger partial charge in [-0.05, 0) is 33.8 Å². The first-order valence-corrected chi connectivity index (χ1v) is 8.46. The molecule has 0 aliphatic carbocycles. The second-order valence-electron chi connectivity index (χ2n) is 6.36. The van der Waals surface area contributed by atoms with Gasteiger partial charge in [-0.2, -0.15) is 0 Å². The van der Waals surface area contributed by atoms with Crippen LogP contribution >= 0.6 is 0 Å². The van der Waals surface area contributed by atoms with Gasteiger partial charge in [0.2, 0.25) is 0 Å². The van der Waals surface area contributed by atoms with Gasteiger partial charge in [-0.15, -0.1) is 0 Å². The summed E-state index contributed by atoms with van der Waals surface area (Å²) in [7, 11) is 1.65. The number of carbonyl (C=O) groups excluding carboxylic acids is 1. The van der Waals surface area contributed by atoms with Gasteiger partial charge in [-0.3, -0.25) is 0 Å². The zero-order chi connectivity index (χ0) is 18.7. The summed E-state index contributed by atoms with van der Waals surface area (Å²) in [5.74, 6) is 1.49. The molecule has 25 heavy (non-hydrogen) atoms. The molecule has 0 fully saturated rings. The van der Waals surface area contributed by atoms with Crippen molar-refractivity contribution in [2.75, 3.05) is 26.7 Å². The molecule has 0 unspecified atom stereocenters. The lowest BCUT2D eigenvalue weighted by Crippen LogP contribution is -2.42. The second-order valence-corrected chi connectivity index (χ2v) is 6.36. The highest BCUT2D eigenvalue weighted by Crippen LogP contribution is 2.17. The molecule has 0 spiro atoms. The summed E-state index contributed by atoms with van der Waals surface area (Å²) < 4.78 is 10.5. The average Bonchev–Trinajstić information content (AvgIpc) is 2.55. The lowest BCUT2D eigenvalue weighted by molar-refractivity contribution is 0.0529. The average molecular weight is 350 g/mol. The summed E-state index contributed by atoms with van der Waals surface area (Å²) in [6, 6.07) is 7.78. The lowest BCUT2D eigenvalue weighted by atomic mass is 10.2. The molecule has 7 heteroatoms. The molecule has 0 heterocycles. The summed E-state index contributed by atoms with van der Waals surface area (Å²) in [5.41, 5.74) is 0.511. The Balaban J connectivity index is 2.47. The Bertz CT molecular complexity index is 568. The maximum absolute atomic E-state index is 11.6. The highest BCUT2D eigenvalue weighted by Gasteiger charge is 2.15. The normalized spacial score (nSPS) is 11.6. The number of hydrogen-bond acceptors (Lipinski definition) is 4. The number of carbonyl (C=O) groups is 1. The molecule has 0 saturated carbocycles. The van der Waals surface area contributed by atoms with E-state index in [1.165, 1.54) is 0 Å². The highest BCUT2D eigenvalue weighted by atomic mass is 16.6. The van der Waals surface area contributed by atoms with Crippen molar-refractivity contribution in [3.63, 3.8) is 0 Å². The lowest BCUT2D eigenvalue weighted by Gasteiger charge is -2.20. The van der Waals surface area contributed by atoms with E-state index in [-0.39, 0.29) is 0 Å². The van der Waals surface area contributed by atoms with Crippen LogP contribution < -0.4 is 20.7 Å². The van der Waals surface area contributed by atoms with E-state index in [1.807, 2.05) is 52.0 Å². The molecule has 0 saturated heterocycles. The molecule has 0 aliphatic rings. The third-order valence-electron chi connectivity index (χ3n) is 3.03. The number of ether oxygens (including phenoxy) is 2. The third kappa shape index (κ3) is 8.83. The number of methoxy groups -OCH3 is 1. The van der Waals surface area contributed by atoms with Gasteiger partial charge in [0.15, 0.2) is 5.96 Å². The van der Waals surface area contributed by atoms with Crippen molar-refractivity contribution in [3.8, 4) is 5.75 Å². The van der Waals surface area contributed by atoms with Gasteiger partial charge >= 0.3 is 6.09 Å². The molecular formula is C18H30N4O3. The number of rotatable bonds is 7. The van der Waals surface area contributed by atoms with Gasteiger partial charge < -0.3 is 25.4 Å². The first-order valence-electron chi connectivity index (χ1n) is 8.46. The van der Waals surface area contributed by atoms with E-state index in [1.54, 1.807) is 7.11 Å². The van der Waals surface area contributed by atoms with Gasteiger partial charge in [-0.25, -0.2) is 9.79 Å². The predicted molar refractivity (Wildman–Crippen MR) is 100 cm³/mol. The Kier molecular flexibility index (Phi) is 8.60. The minimum absolute atomic E-state index is 0.426. The second kappa shape index (κ2) is 10.4. The smallest absolute Gasteiger partial charge is 0.407 e. The van der Waals surface area contributed by atoms with Crippen LogP contribution in [0.1, 0.15) is 33.3 Å². The first-order chi connectivity index (χ1) is 11.9. The number of alkyl carbamates (subject to hydrolysis) is 1. The molecule has 1 amide bonds. The molecule has 0 aliphatic heterocycles. The van der Waals surface area contributed by atoms with Gasteiger partial charge in [0.25, 0.3) is 0 Å². The summed E-state index contributed by atoms with van der Waals surface area (Å²) >= 11 is 0. The van der Waals surface area contributed by atoms with Crippen LogP contribution in [0.5, 0.6) is 5.75 Å². The zero-order valence-corrected chi connectivity index (χ0v) is 15.8. The number of amides is 1. The molecule has 7 nitrogen and oxygen atoms in total. The molecule has 1 aromatic carbocycles. The van der Waals surface area contributed by atoms with E-state index in [0.717, 1.165) is 17.9 Å². The SMILES string of the molecule is CCNC(=NCc1ccccc1OC)NCCNC(=O)OC(C)(C)C. The van der Waals surface area contributed by atoms with Crippen LogP contribution in [0.3, 0.4) is 0 Å². The first kappa shape index (κ1) is 20.6. The van der Waals surface area contributed by atoms with E-state index < -0.39 is 11.7 Å². The van der Waals surface area contributed by atoms with E-state index in [2.05, 4.69) is 20.9 Å². The number of aliphatic imine (C=N–C) groups is 1. The van der Waals surface area contributed by atoms with Gasteiger partial charge in [0.1, 0.15) is 11.4 Å². The Hall–Kier alpha value is -2.44. The number of nitrogens with zero attached hydrogens (tertiary/aromatic N) is 1. The fourth-order valence-electron chi connectivity index (χ4n) is 2.00. The summed E-state index contributed by atoms with van der Waals surface area (Å²) in [5, 5.41) is 9.05. The largest absolute Gasteiger partial charge is 0.496 e. The number of para-hydroxylation sites is 1. The number of hydrogen-bond donors (Lipinski definition) is 3. The third-order valence-corrected chi connectivity index (χ3v) is 3.03. The van der Waals surface area contributed by atoms with Crippen LogP contribution in [0.4, 0.5) is 4.79 Å². The molecule has 140 valence electrons. The Labute approximate surface area is 150 Å². The molecule has 3 N–H and O–H groups in total. The fourth-order valence-corrected chi connectivity index (χ4v) is 2.00. The molecule has 1 aromatic rings. The molecule has 0 bridgehead atoms. The summed E-state index contributed by atoms with van der Waals surface area (Å²) in [6.07, 6.45) is -0.426. The van der Waals surface area contributed by atoms with Crippen molar-refractivity contribution in [2.45, 2.75) is 39.8 Å². The maximum atomic E-state index is 11.6. The van der Waals surface area contributed by atoms with Gasteiger partial charge in [-0.1, -0.05) is 18.2 Å². The maximum Gasteiger partial charge on any atom is 0.407 e. The predicted octanol–water partition coefficient (Wildman–Crippen LogP) is 2.28. The van der Waals surface area contributed by atoms with Crippen molar-refractivity contribution in [1.29, 1.82) is 0 Å². The molecule has 1 rings (SSSR count). The van der Waals surface area contributed by atoms with Crippen LogP contribution in [0.25, 0.3) is 0 Å². The van der Waals surface area contributed by atoms with Crippen molar-refractivity contribution >= 4 is 12.1 Å². The van der Waals surface area contributed by atoms with Crippen molar-refractivity contribution < 1.29 is 14.3 Å². The zero-order valence-electron chi connectivity index (χ0n) is 15.8. The number of benzene rings is 1. The van der Waals surface area contributed by atoms with Crippen molar-refractivity contribution in [3.05, 3.63) is 29.8 Å². The Morgan fingerprint density at radius 3 is 2.44 bits per heavy atom. The van der Waals surface area contributed by atoms with Crippen molar-refractivity contribution in [2.24, 2.45) is 4.99 Å². The standard InChI is InChI=1S/C18H30N4O3/c1-6-19-16(20-11-12-21-17(23)25-18(2,3)4)22-13-14-9-7-8-10-15(14)24-5/h7-10H,6,11-13H2,1-5H3,(H,21,23)(H2,19,20,22). The van der Waals surface area contributed by atoms with E-state index in [0.29, 0.717) is 25.6 Å². The van der Waals surface area contributed by atoms with Crippen LogP contribution in [0.15, 0.2) is 29.3 Å². The molecule has 0 radical (unpaired) electrons. The van der Waals surface area contributed by atoms with E-state index >= 15 is 0 Å². The summed E-state index contributed by atoms with van der Waals surface area (Å²) in [6.45, 7) is 9.72. The van der Waals surface area contributed by atoms with Crippen LogP contribution in [-0.2, 0) is 11.3 Å². The summed E-state index contributed by atoms with van der Waals surface area (Å²) in [4.78, 5) is 16.1. The van der Waals surface area contributed by atoms with E-state index in [4.69, 9.17) is 9.47 Å². The Morgan fingerprint density at radius 1 is 1.12 bits per heavy atom. The monoisotopic (exact) mass is 350 g/mol. The Morgan fingerprint density at radius 2 is 1.80 bits per heavy atom. The van der Waals surface area contributed by atoms with Gasteiger partial charge in [0.05, 0.1) is 13.7 Å². The van der Waals surface area contributed by atoms with Crippen molar-refractivity contribution in [1.82, 2.24) is 16.0 Å². The molecule has 0 atom stereocenters. The van der Waals surface area contributed by atoms with E-state index in [9.17, 15) is 4.79 Å². The van der Waals surface area contributed by atoms with Crippen LogP contribution in [0, 0.1) is 0 Å². The topological polar surface area (TPSA) is 84.0 Å². The van der Waals surface area contributed by atoms with Crippen LogP contribution in [-0.4, -0.2) is 44.4 Å². The number of guanidine groups is 1. The highest BCUT2D eigenvalue weighted by molar-refractivity contribution is 5.79. The van der Waals surface area contributed by atoms with Crippen LogP contribution in [0.2, 0.25) is 0 Å². The fraction of sp³-hybridized carbons (Fsp3) is 0.556.